The fourth-order valence-electron chi connectivity index (χ4n) is 1.84. The molecule has 0 saturated carbocycles. The molecule has 1 atom stereocenters. The fourth-order valence-corrected chi connectivity index (χ4v) is 3.87. The van der Waals surface area contributed by atoms with E-state index in [1.807, 2.05) is 6.07 Å². The van der Waals surface area contributed by atoms with E-state index in [9.17, 15) is 8.42 Å². The van der Waals surface area contributed by atoms with E-state index in [1.165, 1.54) is 11.3 Å². The van der Waals surface area contributed by atoms with E-state index in [2.05, 4.69) is 4.72 Å². The van der Waals surface area contributed by atoms with E-state index >= 15 is 0 Å². The van der Waals surface area contributed by atoms with Crippen LogP contribution in [0.5, 0.6) is 0 Å². The third kappa shape index (κ3) is 2.70. The normalized spacial score (nSPS) is 21.3. The number of thiophene rings is 1. The fraction of sp³-hybridized carbons (Fsp3) is 0.500. The molecule has 0 aliphatic heterocycles. The number of hydrogen-bond acceptors (Lipinski definition) is 3. The van der Waals surface area contributed by atoms with E-state index < -0.39 is 10.2 Å². The number of halogens is 1. The minimum Gasteiger partial charge on any atom is -0.216 e. The number of nitrogens with two attached hydrogens (primary N) is 1. The Labute approximate surface area is 97.6 Å². The van der Waals surface area contributed by atoms with Crippen LogP contribution in [0, 0.1) is 0 Å². The van der Waals surface area contributed by atoms with Gasteiger partial charge in [0.1, 0.15) is 0 Å². The van der Waals surface area contributed by atoms with Gasteiger partial charge in [-0.2, -0.15) is 13.1 Å². The first-order chi connectivity index (χ1) is 6.96. The van der Waals surface area contributed by atoms with Gasteiger partial charge in [-0.25, -0.2) is 5.14 Å². The third-order valence-corrected chi connectivity index (χ3v) is 4.34. The van der Waals surface area contributed by atoms with Crippen molar-refractivity contribution in [1.82, 2.24) is 4.72 Å². The summed E-state index contributed by atoms with van der Waals surface area (Å²) in [5.74, 6) is 0. The molecule has 1 aliphatic carbocycles. The molecular formula is C8H11ClN2O2S2. The summed E-state index contributed by atoms with van der Waals surface area (Å²) in [5, 5.41) is 4.96. The van der Waals surface area contributed by atoms with E-state index in [4.69, 9.17) is 16.7 Å². The van der Waals surface area contributed by atoms with Gasteiger partial charge in [0.05, 0.1) is 4.34 Å². The van der Waals surface area contributed by atoms with Gasteiger partial charge in [-0.1, -0.05) is 11.6 Å². The predicted octanol–water partition coefficient (Wildman–Crippen LogP) is 1.57. The van der Waals surface area contributed by atoms with Crippen molar-refractivity contribution in [2.75, 3.05) is 0 Å². The van der Waals surface area contributed by atoms with Crippen molar-refractivity contribution < 1.29 is 8.42 Å². The number of fused-ring (bicyclic) bond motifs is 1. The van der Waals surface area contributed by atoms with Crippen molar-refractivity contribution in [3.8, 4) is 0 Å². The second-order valence-electron chi connectivity index (χ2n) is 3.54. The zero-order chi connectivity index (χ0) is 11.1. The van der Waals surface area contributed by atoms with Gasteiger partial charge >= 0.3 is 0 Å². The molecule has 84 valence electrons. The van der Waals surface area contributed by atoms with Crippen molar-refractivity contribution in [3.63, 3.8) is 0 Å². The molecule has 0 spiro atoms. The average Bonchev–Trinajstić information content (AvgIpc) is 2.43. The summed E-state index contributed by atoms with van der Waals surface area (Å²) < 4.78 is 25.0. The lowest BCUT2D eigenvalue weighted by Gasteiger charge is -2.22. The highest BCUT2D eigenvalue weighted by Crippen LogP contribution is 2.37. The molecule has 4 nitrogen and oxygen atoms in total. The lowest BCUT2D eigenvalue weighted by atomic mass is 9.95. The maximum atomic E-state index is 11.0. The molecule has 0 radical (unpaired) electrons. The van der Waals surface area contributed by atoms with E-state index in [1.54, 1.807) is 0 Å². The zero-order valence-electron chi connectivity index (χ0n) is 7.86. The topological polar surface area (TPSA) is 72.2 Å². The highest BCUT2D eigenvalue weighted by molar-refractivity contribution is 7.87. The van der Waals surface area contributed by atoms with Crippen molar-refractivity contribution in [2.24, 2.45) is 5.14 Å². The highest BCUT2D eigenvalue weighted by Gasteiger charge is 2.25. The molecule has 0 amide bonds. The van der Waals surface area contributed by atoms with Crippen molar-refractivity contribution >= 4 is 33.1 Å². The van der Waals surface area contributed by atoms with Gasteiger partial charge in [-0.15, -0.1) is 11.3 Å². The van der Waals surface area contributed by atoms with Crippen LogP contribution in [0.3, 0.4) is 0 Å². The average molecular weight is 267 g/mol. The molecule has 0 bridgehead atoms. The molecule has 2 rings (SSSR count). The Morgan fingerprint density at radius 1 is 1.60 bits per heavy atom. The Kier molecular flexibility index (Phi) is 3.05. The van der Waals surface area contributed by atoms with Crippen molar-refractivity contribution in [2.45, 2.75) is 25.3 Å². The first-order valence-electron chi connectivity index (χ1n) is 4.54. The molecule has 0 unspecified atom stereocenters. The predicted molar refractivity (Wildman–Crippen MR) is 61.3 cm³/mol. The summed E-state index contributed by atoms with van der Waals surface area (Å²) in [6, 6.07) is 1.61. The van der Waals surface area contributed by atoms with Crippen LogP contribution in [-0.4, -0.2) is 8.42 Å². The molecule has 7 heteroatoms. The molecule has 0 aromatic carbocycles. The first-order valence-corrected chi connectivity index (χ1v) is 7.28. The first kappa shape index (κ1) is 11.3. The lowest BCUT2D eigenvalue weighted by molar-refractivity contribution is 0.512. The lowest BCUT2D eigenvalue weighted by Crippen LogP contribution is -2.35. The quantitative estimate of drug-likeness (QED) is 0.853. The van der Waals surface area contributed by atoms with Crippen LogP contribution >= 0.6 is 22.9 Å². The SMILES string of the molecule is NS(=O)(=O)N[C@H]1CCCc2sc(Cl)cc21. The zero-order valence-corrected chi connectivity index (χ0v) is 10.3. The van der Waals surface area contributed by atoms with Crippen LogP contribution in [0.2, 0.25) is 4.34 Å². The highest BCUT2D eigenvalue weighted by atomic mass is 35.5. The summed E-state index contributed by atoms with van der Waals surface area (Å²) in [6.07, 6.45) is 2.70. The standard InChI is InChI=1S/C8H11ClN2O2S2/c9-8-4-5-6(11-15(10,12)13)2-1-3-7(5)14-8/h4,6,11H,1-3H2,(H2,10,12,13)/t6-/m0/s1. The van der Waals surface area contributed by atoms with E-state index in [-0.39, 0.29) is 6.04 Å². The third-order valence-electron chi connectivity index (χ3n) is 2.39. The van der Waals surface area contributed by atoms with Gasteiger partial charge in [0.15, 0.2) is 0 Å². The van der Waals surface area contributed by atoms with Crippen LogP contribution in [0.15, 0.2) is 6.07 Å². The van der Waals surface area contributed by atoms with Crippen LogP contribution in [0.25, 0.3) is 0 Å². The van der Waals surface area contributed by atoms with Gasteiger partial charge in [-0.3, -0.25) is 0 Å². The number of rotatable bonds is 2. The summed E-state index contributed by atoms with van der Waals surface area (Å²) in [7, 11) is -3.65. The van der Waals surface area contributed by atoms with Gasteiger partial charge < -0.3 is 0 Å². The summed E-state index contributed by atoms with van der Waals surface area (Å²) in [6.45, 7) is 0. The number of hydrogen-bond donors (Lipinski definition) is 2. The summed E-state index contributed by atoms with van der Waals surface area (Å²) in [4.78, 5) is 1.16. The Bertz CT molecular complexity index is 469. The van der Waals surface area contributed by atoms with Crippen LogP contribution in [0.1, 0.15) is 29.3 Å². The second kappa shape index (κ2) is 4.03. The number of nitrogens with one attached hydrogen (secondary N) is 1. The van der Waals surface area contributed by atoms with Crippen LogP contribution in [-0.2, 0) is 16.6 Å². The van der Waals surface area contributed by atoms with Crippen molar-refractivity contribution in [3.05, 3.63) is 20.8 Å². The Balaban J connectivity index is 2.29. The molecule has 0 fully saturated rings. The Morgan fingerprint density at radius 3 is 3.00 bits per heavy atom. The summed E-state index contributed by atoms with van der Waals surface area (Å²) >= 11 is 7.41. The number of aryl methyl sites for hydroxylation is 1. The molecule has 1 aromatic rings. The molecule has 3 N–H and O–H groups in total. The van der Waals surface area contributed by atoms with Gasteiger partial charge in [-0.05, 0) is 30.9 Å². The molecule has 1 heterocycles. The van der Waals surface area contributed by atoms with Gasteiger partial charge in [0.2, 0.25) is 0 Å². The molecule has 1 aromatic heterocycles. The molecule has 15 heavy (non-hydrogen) atoms. The summed E-state index contributed by atoms with van der Waals surface area (Å²) in [5.41, 5.74) is 0.977. The Hall–Kier alpha value is -0.140. The van der Waals surface area contributed by atoms with E-state index in [0.717, 1.165) is 29.7 Å². The van der Waals surface area contributed by atoms with Crippen LogP contribution < -0.4 is 9.86 Å². The van der Waals surface area contributed by atoms with Gasteiger partial charge in [0, 0.05) is 10.9 Å². The smallest absolute Gasteiger partial charge is 0.216 e. The molecule has 0 saturated heterocycles. The second-order valence-corrected chi connectivity index (χ2v) is 6.63. The maximum absolute atomic E-state index is 11.0. The minimum atomic E-state index is -3.65. The largest absolute Gasteiger partial charge is 0.274 e. The van der Waals surface area contributed by atoms with Gasteiger partial charge in [0.25, 0.3) is 10.2 Å². The minimum absolute atomic E-state index is 0.215. The Morgan fingerprint density at radius 2 is 2.33 bits per heavy atom. The van der Waals surface area contributed by atoms with E-state index in [0.29, 0.717) is 4.34 Å². The van der Waals surface area contributed by atoms with Crippen LogP contribution in [0.4, 0.5) is 0 Å². The monoisotopic (exact) mass is 266 g/mol. The molecule has 1 aliphatic rings. The maximum Gasteiger partial charge on any atom is 0.274 e. The molecular weight excluding hydrogens is 256 g/mol. The van der Waals surface area contributed by atoms with Crippen molar-refractivity contribution in [1.29, 1.82) is 0 Å².